The van der Waals surface area contributed by atoms with Crippen molar-refractivity contribution in [2.24, 2.45) is 5.92 Å². The number of furan rings is 1. The molecule has 1 aromatic heterocycles. The van der Waals surface area contributed by atoms with Crippen molar-refractivity contribution >= 4 is 38.6 Å². The molecule has 1 atom stereocenters. The molecule has 0 aliphatic heterocycles. The van der Waals surface area contributed by atoms with Gasteiger partial charge in [0.05, 0.1) is 30.3 Å². The third kappa shape index (κ3) is 4.19. The van der Waals surface area contributed by atoms with Crippen LogP contribution in [0.15, 0.2) is 51.4 Å². The second-order valence-corrected chi connectivity index (χ2v) is 8.52. The van der Waals surface area contributed by atoms with Crippen molar-refractivity contribution in [3.05, 3.63) is 58.3 Å². The average molecular weight is 472 g/mol. The summed E-state index contributed by atoms with van der Waals surface area (Å²) < 4.78 is 17.5. The van der Waals surface area contributed by atoms with Crippen molar-refractivity contribution in [1.82, 2.24) is 0 Å². The fourth-order valence-corrected chi connectivity index (χ4v) is 4.89. The Labute approximate surface area is 184 Å². The van der Waals surface area contributed by atoms with E-state index >= 15 is 0 Å². The van der Waals surface area contributed by atoms with Gasteiger partial charge in [-0.05, 0) is 77.2 Å². The molecule has 3 aromatic rings. The Hall–Kier alpha value is -2.47. The van der Waals surface area contributed by atoms with Crippen molar-refractivity contribution in [3.8, 4) is 5.75 Å². The van der Waals surface area contributed by atoms with Crippen LogP contribution in [0.1, 0.15) is 54.3 Å². The molecule has 5 nitrogen and oxygen atoms in total. The molecule has 1 aliphatic carbocycles. The molecule has 0 amide bonds. The van der Waals surface area contributed by atoms with Gasteiger partial charge >= 0.3 is 5.97 Å². The van der Waals surface area contributed by atoms with Gasteiger partial charge in [0, 0.05) is 11.1 Å². The van der Waals surface area contributed by atoms with E-state index in [4.69, 9.17) is 13.9 Å². The smallest absolute Gasteiger partial charge is 0.337 e. The van der Waals surface area contributed by atoms with Crippen LogP contribution in [0, 0.1) is 5.92 Å². The van der Waals surface area contributed by atoms with Gasteiger partial charge in [0.2, 0.25) is 0 Å². The number of anilines is 1. The van der Waals surface area contributed by atoms with Crippen LogP contribution in [0.4, 0.5) is 5.69 Å². The first kappa shape index (κ1) is 20.8. The third-order valence-corrected chi connectivity index (χ3v) is 6.71. The van der Waals surface area contributed by atoms with E-state index in [0.29, 0.717) is 11.5 Å². The molecule has 4 rings (SSSR count). The van der Waals surface area contributed by atoms with Gasteiger partial charge in [-0.25, -0.2) is 4.79 Å². The standard InChI is InChI=1S/C24H26BrNO4/c1-28-18-12-13-20-19(14-18)21(25)23(30-20)22(15-6-4-3-5-7-15)26-17-10-8-16(9-11-17)24(27)29-2/h8-15,22,26H,3-7H2,1-2H3. The SMILES string of the molecule is COC(=O)c1ccc(NC(c2oc3ccc(OC)cc3c2Br)C2CCCCC2)cc1. The summed E-state index contributed by atoms with van der Waals surface area (Å²) in [4.78, 5) is 11.7. The fraction of sp³-hybridized carbons (Fsp3) is 0.375. The first-order valence-corrected chi connectivity index (χ1v) is 11.1. The van der Waals surface area contributed by atoms with Crippen molar-refractivity contribution < 1.29 is 18.7 Å². The van der Waals surface area contributed by atoms with Gasteiger partial charge in [-0.3, -0.25) is 0 Å². The molecule has 0 bridgehead atoms. The molecule has 1 fully saturated rings. The van der Waals surface area contributed by atoms with Crippen LogP contribution < -0.4 is 10.1 Å². The van der Waals surface area contributed by atoms with Crippen LogP contribution in [-0.4, -0.2) is 20.2 Å². The molecule has 30 heavy (non-hydrogen) atoms. The minimum absolute atomic E-state index is 0.0297. The number of hydrogen-bond acceptors (Lipinski definition) is 5. The number of rotatable bonds is 6. The van der Waals surface area contributed by atoms with Crippen LogP contribution in [0.25, 0.3) is 11.0 Å². The normalized spacial score (nSPS) is 15.7. The summed E-state index contributed by atoms with van der Waals surface area (Å²) in [6.45, 7) is 0. The second-order valence-electron chi connectivity index (χ2n) is 7.73. The number of carbonyl (C=O) groups excluding carboxylic acids is 1. The lowest BCUT2D eigenvalue weighted by atomic mass is 9.82. The van der Waals surface area contributed by atoms with Gasteiger partial charge in [0.1, 0.15) is 17.1 Å². The monoisotopic (exact) mass is 471 g/mol. The van der Waals surface area contributed by atoms with E-state index in [0.717, 1.165) is 45.5 Å². The molecular weight excluding hydrogens is 446 g/mol. The van der Waals surface area contributed by atoms with Gasteiger partial charge in [-0.1, -0.05) is 19.3 Å². The number of esters is 1. The van der Waals surface area contributed by atoms with Gasteiger partial charge in [-0.2, -0.15) is 0 Å². The largest absolute Gasteiger partial charge is 0.497 e. The fourth-order valence-electron chi connectivity index (χ4n) is 4.26. The summed E-state index contributed by atoms with van der Waals surface area (Å²) in [5.41, 5.74) is 2.32. The quantitative estimate of drug-likeness (QED) is 0.404. The summed E-state index contributed by atoms with van der Waals surface area (Å²) in [5, 5.41) is 4.68. The minimum atomic E-state index is -0.334. The summed E-state index contributed by atoms with van der Waals surface area (Å²) in [5.74, 6) is 1.84. The summed E-state index contributed by atoms with van der Waals surface area (Å²) >= 11 is 3.79. The van der Waals surface area contributed by atoms with Crippen LogP contribution >= 0.6 is 15.9 Å². The van der Waals surface area contributed by atoms with Crippen LogP contribution in [-0.2, 0) is 4.74 Å². The van der Waals surface area contributed by atoms with E-state index in [1.807, 2.05) is 30.3 Å². The number of carbonyl (C=O) groups is 1. The highest BCUT2D eigenvalue weighted by Crippen LogP contribution is 2.43. The Kier molecular flexibility index (Phi) is 6.32. The van der Waals surface area contributed by atoms with Gasteiger partial charge in [0.15, 0.2) is 0 Å². The molecule has 0 saturated heterocycles. The Morgan fingerprint density at radius 3 is 2.50 bits per heavy atom. The van der Waals surface area contributed by atoms with Crippen molar-refractivity contribution in [3.63, 3.8) is 0 Å². The van der Waals surface area contributed by atoms with E-state index in [1.54, 1.807) is 19.2 Å². The zero-order chi connectivity index (χ0) is 21.1. The van der Waals surface area contributed by atoms with E-state index in [2.05, 4.69) is 21.2 Å². The highest BCUT2D eigenvalue weighted by Gasteiger charge is 2.30. The Morgan fingerprint density at radius 1 is 1.10 bits per heavy atom. The summed E-state index contributed by atoms with van der Waals surface area (Å²) in [6.07, 6.45) is 6.07. The van der Waals surface area contributed by atoms with E-state index in [9.17, 15) is 4.79 Å². The first-order chi connectivity index (χ1) is 14.6. The van der Waals surface area contributed by atoms with Crippen LogP contribution in [0.3, 0.4) is 0 Å². The number of halogens is 1. The Morgan fingerprint density at radius 2 is 1.83 bits per heavy atom. The molecule has 0 radical (unpaired) electrons. The molecule has 1 saturated carbocycles. The second kappa shape index (κ2) is 9.13. The van der Waals surface area contributed by atoms with Crippen molar-refractivity contribution in [1.29, 1.82) is 0 Å². The van der Waals surface area contributed by atoms with Gasteiger partial charge in [-0.15, -0.1) is 0 Å². The van der Waals surface area contributed by atoms with E-state index in [-0.39, 0.29) is 12.0 Å². The topological polar surface area (TPSA) is 60.7 Å². The van der Waals surface area contributed by atoms with Gasteiger partial charge < -0.3 is 19.2 Å². The number of ether oxygens (including phenoxy) is 2. The predicted molar refractivity (Wildman–Crippen MR) is 121 cm³/mol. The molecular formula is C24H26BrNO4. The molecule has 2 aromatic carbocycles. The molecule has 158 valence electrons. The molecule has 1 unspecified atom stereocenters. The minimum Gasteiger partial charge on any atom is -0.497 e. The lowest BCUT2D eigenvalue weighted by Crippen LogP contribution is -2.23. The maximum absolute atomic E-state index is 11.7. The number of nitrogens with one attached hydrogen (secondary N) is 1. The van der Waals surface area contributed by atoms with Crippen LogP contribution in [0.2, 0.25) is 0 Å². The number of benzene rings is 2. The Bertz CT molecular complexity index is 1020. The maximum atomic E-state index is 11.7. The molecule has 1 aliphatic rings. The molecule has 0 spiro atoms. The highest BCUT2D eigenvalue weighted by molar-refractivity contribution is 9.10. The lowest BCUT2D eigenvalue weighted by Gasteiger charge is -2.30. The number of fused-ring (bicyclic) bond motifs is 1. The molecule has 1 heterocycles. The van der Waals surface area contributed by atoms with E-state index < -0.39 is 0 Å². The average Bonchev–Trinajstić information content (AvgIpc) is 3.13. The molecule has 1 N–H and O–H groups in total. The highest BCUT2D eigenvalue weighted by atomic mass is 79.9. The number of methoxy groups -OCH3 is 2. The van der Waals surface area contributed by atoms with E-state index in [1.165, 1.54) is 26.4 Å². The maximum Gasteiger partial charge on any atom is 0.337 e. The zero-order valence-corrected chi connectivity index (χ0v) is 18.8. The lowest BCUT2D eigenvalue weighted by molar-refractivity contribution is 0.0601. The summed E-state index contributed by atoms with van der Waals surface area (Å²) in [7, 11) is 3.06. The first-order valence-electron chi connectivity index (χ1n) is 10.3. The van der Waals surface area contributed by atoms with Crippen molar-refractivity contribution in [2.75, 3.05) is 19.5 Å². The predicted octanol–water partition coefficient (Wildman–Crippen LogP) is 6.72. The van der Waals surface area contributed by atoms with Crippen molar-refractivity contribution in [2.45, 2.75) is 38.1 Å². The third-order valence-electron chi connectivity index (χ3n) is 5.89. The Balaban J connectivity index is 1.69. The summed E-state index contributed by atoms with van der Waals surface area (Å²) in [6, 6.07) is 13.3. The molecule has 6 heteroatoms. The van der Waals surface area contributed by atoms with Gasteiger partial charge in [0.25, 0.3) is 0 Å². The number of hydrogen-bond donors (Lipinski definition) is 1. The zero-order valence-electron chi connectivity index (χ0n) is 17.2. The van der Waals surface area contributed by atoms with Crippen LogP contribution in [0.5, 0.6) is 5.75 Å².